The SMILES string of the molecule is CCN(C(=O)c1ccc(Cl)c(C)c1)C1CCNC1. The number of hydrogen-bond donors (Lipinski definition) is 1. The van der Waals surface area contributed by atoms with Crippen molar-refractivity contribution in [3.05, 3.63) is 34.3 Å². The van der Waals surface area contributed by atoms with Gasteiger partial charge >= 0.3 is 0 Å². The van der Waals surface area contributed by atoms with Gasteiger partial charge in [0, 0.05) is 29.7 Å². The molecule has 1 heterocycles. The lowest BCUT2D eigenvalue weighted by atomic mass is 10.1. The first-order chi connectivity index (χ1) is 8.63. The highest BCUT2D eigenvalue weighted by Crippen LogP contribution is 2.19. The number of likely N-dealkylation sites (N-methyl/N-ethyl adjacent to an activating group) is 1. The first kappa shape index (κ1) is 13.4. The van der Waals surface area contributed by atoms with Crippen LogP contribution in [0.2, 0.25) is 5.02 Å². The highest BCUT2D eigenvalue weighted by molar-refractivity contribution is 6.31. The Morgan fingerprint density at radius 1 is 1.56 bits per heavy atom. The summed E-state index contributed by atoms with van der Waals surface area (Å²) in [6.07, 6.45) is 1.03. The van der Waals surface area contributed by atoms with Gasteiger partial charge in [0.25, 0.3) is 5.91 Å². The number of rotatable bonds is 3. The van der Waals surface area contributed by atoms with Crippen molar-refractivity contribution in [2.75, 3.05) is 19.6 Å². The Morgan fingerprint density at radius 2 is 2.33 bits per heavy atom. The van der Waals surface area contributed by atoms with Gasteiger partial charge in [-0.3, -0.25) is 4.79 Å². The van der Waals surface area contributed by atoms with Gasteiger partial charge in [-0.2, -0.15) is 0 Å². The van der Waals surface area contributed by atoms with E-state index in [4.69, 9.17) is 11.6 Å². The summed E-state index contributed by atoms with van der Waals surface area (Å²) in [5.74, 6) is 0.103. The normalized spacial score (nSPS) is 18.9. The number of hydrogen-bond acceptors (Lipinski definition) is 2. The molecule has 0 saturated carbocycles. The van der Waals surface area contributed by atoms with Gasteiger partial charge in [0.15, 0.2) is 0 Å². The van der Waals surface area contributed by atoms with E-state index >= 15 is 0 Å². The summed E-state index contributed by atoms with van der Waals surface area (Å²) >= 11 is 5.99. The molecule has 0 bridgehead atoms. The molecule has 1 aliphatic rings. The molecule has 98 valence electrons. The summed E-state index contributed by atoms with van der Waals surface area (Å²) in [4.78, 5) is 14.4. The largest absolute Gasteiger partial charge is 0.335 e. The minimum absolute atomic E-state index is 0.103. The Balaban J connectivity index is 2.19. The predicted octanol–water partition coefficient (Wildman–Crippen LogP) is 2.47. The zero-order valence-corrected chi connectivity index (χ0v) is 11.6. The number of aryl methyl sites for hydroxylation is 1. The van der Waals surface area contributed by atoms with E-state index in [1.54, 1.807) is 6.07 Å². The Kier molecular flexibility index (Phi) is 4.25. The van der Waals surface area contributed by atoms with Crippen LogP contribution in [-0.2, 0) is 0 Å². The average Bonchev–Trinajstić information content (AvgIpc) is 2.87. The lowest BCUT2D eigenvalue weighted by Gasteiger charge is -2.27. The molecule has 0 aliphatic carbocycles. The number of nitrogens with zero attached hydrogens (tertiary/aromatic N) is 1. The van der Waals surface area contributed by atoms with E-state index in [9.17, 15) is 4.79 Å². The van der Waals surface area contributed by atoms with Gasteiger partial charge in [0.2, 0.25) is 0 Å². The molecule has 4 heteroatoms. The van der Waals surface area contributed by atoms with Crippen molar-refractivity contribution in [1.29, 1.82) is 0 Å². The van der Waals surface area contributed by atoms with E-state index in [1.165, 1.54) is 0 Å². The predicted molar refractivity (Wildman–Crippen MR) is 74.2 cm³/mol. The number of carbonyl (C=O) groups is 1. The van der Waals surface area contributed by atoms with Crippen molar-refractivity contribution in [3.63, 3.8) is 0 Å². The van der Waals surface area contributed by atoms with Gasteiger partial charge < -0.3 is 10.2 Å². The third-order valence-corrected chi connectivity index (χ3v) is 3.91. The molecule has 0 spiro atoms. The van der Waals surface area contributed by atoms with Crippen LogP contribution in [0.1, 0.15) is 29.3 Å². The van der Waals surface area contributed by atoms with Crippen LogP contribution in [0.5, 0.6) is 0 Å². The fourth-order valence-corrected chi connectivity index (χ4v) is 2.53. The third-order valence-electron chi connectivity index (χ3n) is 3.48. The van der Waals surface area contributed by atoms with Crippen molar-refractivity contribution < 1.29 is 4.79 Å². The third kappa shape index (κ3) is 2.68. The van der Waals surface area contributed by atoms with Crippen LogP contribution in [0, 0.1) is 6.92 Å². The molecular formula is C14H19ClN2O. The quantitative estimate of drug-likeness (QED) is 0.912. The number of amides is 1. The maximum atomic E-state index is 12.5. The number of carbonyl (C=O) groups excluding carboxylic acids is 1. The van der Waals surface area contributed by atoms with Gasteiger partial charge in [0.05, 0.1) is 0 Å². The second-order valence-electron chi connectivity index (χ2n) is 4.70. The molecule has 18 heavy (non-hydrogen) atoms. The van der Waals surface area contributed by atoms with Gasteiger partial charge in [-0.15, -0.1) is 0 Å². The summed E-state index contributed by atoms with van der Waals surface area (Å²) in [6.45, 7) is 6.58. The first-order valence-corrected chi connectivity index (χ1v) is 6.79. The highest BCUT2D eigenvalue weighted by atomic mass is 35.5. The fourth-order valence-electron chi connectivity index (χ4n) is 2.42. The van der Waals surface area contributed by atoms with Gasteiger partial charge in [-0.1, -0.05) is 11.6 Å². The minimum Gasteiger partial charge on any atom is -0.335 e. The lowest BCUT2D eigenvalue weighted by Crippen LogP contribution is -2.41. The van der Waals surface area contributed by atoms with Gasteiger partial charge in [0.1, 0.15) is 0 Å². The molecule has 0 aromatic heterocycles. The maximum absolute atomic E-state index is 12.5. The second-order valence-corrected chi connectivity index (χ2v) is 5.11. The molecule has 1 N–H and O–H groups in total. The van der Waals surface area contributed by atoms with Crippen LogP contribution in [0.15, 0.2) is 18.2 Å². The molecule has 1 aromatic carbocycles. The molecule has 1 saturated heterocycles. The standard InChI is InChI=1S/C14H19ClN2O/c1-3-17(12-6-7-16-9-12)14(18)11-4-5-13(15)10(2)8-11/h4-5,8,12,16H,3,6-7,9H2,1-2H3. The lowest BCUT2D eigenvalue weighted by molar-refractivity contribution is 0.0703. The first-order valence-electron chi connectivity index (χ1n) is 6.41. The smallest absolute Gasteiger partial charge is 0.254 e. The summed E-state index contributed by atoms with van der Waals surface area (Å²) in [6, 6.07) is 5.79. The summed E-state index contributed by atoms with van der Waals surface area (Å²) in [5.41, 5.74) is 1.67. The molecule has 1 amide bonds. The van der Waals surface area contributed by atoms with E-state index in [0.29, 0.717) is 11.1 Å². The van der Waals surface area contributed by atoms with Crippen molar-refractivity contribution >= 4 is 17.5 Å². The van der Waals surface area contributed by atoms with Crippen LogP contribution in [0.3, 0.4) is 0 Å². The number of nitrogens with one attached hydrogen (secondary N) is 1. The minimum atomic E-state index is 0.103. The van der Waals surface area contributed by atoms with Crippen molar-refractivity contribution in [2.45, 2.75) is 26.3 Å². The number of benzene rings is 1. The zero-order valence-electron chi connectivity index (χ0n) is 10.9. The number of halogens is 1. The Morgan fingerprint density at radius 3 is 2.89 bits per heavy atom. The summed E-state index contributed by atoms with van der Waals surface area (Å²) in [7, 11) is 0. The van der Waals surface area contributed by atoms with E-state index in [-0.39, 0.29) is 5.91 Å². The summed E-state index contributed by atoms with van der Waals surface area (Å²) < 4.78 is 0. The molecule has 2 rings (SSSR count). The van der Waals surface area contributed by atoms with E-state index in [0.717, 1.165) is 37.2 Å². The van der Waals surface area contributed by atoms with Gasteiger partial charge in [-0.25, -0.2) is 0 Å². The Hall–Kier alpha value is -1.06. The van der Waals surface area contributed by atoms with Crippen molar-refractivity contribution in [2.24, 2.45) is 0 Å². The van der Waals surface area contributed by atoms with E-state index < -0.39 is 0 Å². The monoisotopic (exact) mass is 266 g/mol. The molecule has 1 unspecified atom stereocenters. The Labute approximate surface area is 113 Å². The average molecular weight is 267 g/mol. The van der Waals surface area contributed by atoms with Crippen LogP contribution in [-0.4, -0.2) is 36.5 Å². The molecule has 3 nitrogen and oxygen atoms in total. The molecule has 1 atom stereocenters. The van der Waals surface area contributed by atoms with E-state index in [1.807, 2.05) is 30.9 Å². The second kappa shape index (κ2) is 5.72. The molecule has 1 aliphatic heterocycles. The molecular weight excluding hydrogens is 248 g/mol. The molecule has 1 fully saturated rings. The maximum Gasteiger partial charge on any atom is 0.254 e. The van der Waals surface area contributed by atoms with E-state index in [2.05, 4.69) is 5.32 Å². The zero-order chi connectivity index (χ0) is 13.1. The van der Waals surface area contributed by atoms with Crippen LogP contribution >= 0.6 is 11.6 Å². The van der Waals surface area contributed by atoms with Crippen LogP contribution in [0.25, 0.3) is 0 Å². The molecule has 1 aromatic rings. The van der Waals surface area contributed by atoms with Crippen LogP contribution in [0.4, 0.5) is 0 Å². The fraction of sp³-hybridized carbons (Fsp3) is 0.500. The summed E-state index contributed by atoms with van der Waals surface area (Å²) in [5, 5.41) is 4.00. The van der Waals surface area contributed by atoms with Crippen molar-refractivity contribution in [1.82, 2.24) is 10.2 Å². The highest BCUT2D eigenvalue weighted by Gasteiger charge is 2.26. The molecule has 0 radical (unpaired) electrons. The van der Waals surface area contributed by atoms with Gasteiger partial charge in [-0.05, 0) is 50.6 Å². The van der Waals surface area contributed by atoms with Crippen LogP contribution < -0.4 is 5.32 Å². The Bertz CT molecular complexity index is 441. The van der Waals surface area contributed by atoms with Crippen molar-refractivity contribution in [3.8, 4) is 0 Å². The topological polar surface area (TPSA) is 32.3 Å².